The molecule has 0 amide bonds. The van der Waals surface area contributed by atoms with Gasteiger partial charge in [0.25, 0.3) is 0 Å². The van der Waals surface area contributed by atoms with Crippen LogP contribution in [0.25, 0.3) is 0 Å². The molecule has 2 unspecified atom stereocenters. The Morgan fingerprint density at radius 1 is 1.17 bits per heavy atom. The first-order chi connectivity index (χ1) is 14.1. The van der Waals surface area contributed by atoms with E-state index >= 15 is 0 Å². The second kappa shape index (κ2) is 12.8. The number of esters is 1. The van der Waals surface area contributed by atoms with Gasteiger partial charge in [0.05, 0.1) is 13.2 Å². The topological polar surface area (TPSA) is 46.5 Å². The van der Waals surface area contributed by atoms with Gasteiger partial charge in [0.2, 0.25) is 0 Å². The summed E-state index contributed by atoms with van der Waals surface area (Å²) in [5.41, 5.74) is 2.70. The molecule has 3 nitrogen and oxygen atoms in total. The summed E-state index contributed by atoms with van der Waals surface area (Å²) in [6.45, 7) is 4.57. The molecule has 1 aromatic rings. The zero-order chi connectivity index (χ0) is 21.1. The lowest BCUT2D eigenvalue weighted by atomic mass is 9.84. The van der Waals surface area contributed by atoms with Crippen molar-refractivity contribution < 1.29 is 14.6 Å². The van der Waals surface area contributed by atoms with Crippen LogP contribution in [0.5, 0.6) is 0 Å². The molecule has 29 heavy (non-hydrogen) atoms. The van der Waals surface area contributed by atoms with Crippen molar-refractivity contribution in [1.82, 2.24) is 0 Å². The van der Waals surface area contributed by atoms with Crippen LogP contribution in [0, 0.1) is 5.92 Å². The number of ether oxygens (including phenoxy) is 1. The van der Waals surface area contributed by atoms with Gasteiger partial charge in [-0.15, -0.1) is 0 Å². The van der Waals surface area contributed by atoms with Gasteiger partial charge >= 0.3 is 5.97 Å². The first-order valence-corrected chi connectivity index (χ1v) is 11.6. The molecule has 1 aromatic carbocycles. The molecular formula is C26H40O3. The summed E-state index contributed by atoms with van der Waals surface area (Å²) in [6, 6.07) is 9.04. The Kier molecular flexibility index (Phi) is 10.5. The van der Waals surface area contributed by atoms with Gasteiger partial charge < -0.3 is 9.84 Å². The maximum Gasteiger partial charge on any atom is 0.305 e. The molecule has 4 atom stereocenters. The highest BCUT2D eigenvalue weighted by Crippen LogP contribution is 2.42. The van der Waals surface area contributed by atoms with Crippen molar-refractivity contribution in [2.45, 2.75) is 96.0 Å². The summed E-state index contributed by atoms with van der Waals surface area (Å²) >= 11 is 0. The molecule has 1 saturated carbocycles. The number of allylic oxidation sites excluding steroid dienone is 2. The lowest BCUT2D eigenvalue weighted by molar-refractivity contribution is -0.140. The Morgan fingerprint density at radius 2 is 1.93 bits per heavy atom. The van der Waals surface area contributed by atoms with Gasteiger partial charge in [-0.25, -0.2) is 0 Å². The Bertz CT molecular complexity index is 619. The third kappa shape index (κ3) is 7.62. The van der Waals surface area contributed by atoms with Crippen molar-refractivity contribution >= 4 is 5.97 Å². The Labute approximate surface area is 177 Å². The number of hydrogen-bond acceptors (Lipinski definition) is 3. The van der Waals surface area contributed by atoms with E-state index in [1.807, 2.05) is 0 Å². The maximum atomic E-state index is 11.1. The Balaban J connectivity index is 1.87. The molecule has 1 fully saturated rings. The molecule has 2 rings (SSSR count). The van der Waals surface area contributed by atoms with Crippen LogP contribution in [-0.2, 0) is 9.53 Å². The van der Waals surface area contributed by atoms with Crippen LogP contribution in [0.4, 0.5) is 0 Å². The van der Waals surface area contributed by atoms with Gasteiger partial charge in [-0.2, -0.15) is 0 Å². The fourth-order valence-corrected chi connectivity index (χ4v) is 4.59. The van der Waals surface area contributed by atoms with Crippen LogP contribution in [0.2, 0.25) is 0 Å². The van der Waals surface area contributed by atoms with Crippen LogP contribution in [0.3, 0.4) is 0 Å². The molecule has 1 aliphatic rings. The normalized spacial score (nSPS) is 22.8. The van der Waals surface area contributed by atoms with Crippen molar-refractivity contribution in [2.75, 3.05) is 7.11 Å². The van der Waals surface area contributed by atoms with Gasteiger partial charge in [0.1, 0.15) is 0 Å². The molecule has 0 spiro atoms. The van der Waals surface area contributed by atoms with E-state index in [0.29, 0.717) is 18.3 Å². The molecule has 0 heterocycles. The average Bonchev–Trinajstić information content (AvgIpc) is 3.10. The van der Waals surface area contributed by atoms with E-state index in [1.165, 1.54) is 43.9 Å². The number of benzene rings is 1. The molecule has 0 aliphatic heterocycles. The number of methoxy groups -OCH3 is 1. The minimum atomic E-state index is -0.236. The fourth-order valence-electron chi connectivity index (χ4n) is 4.59. The molecule has 0 aromatic heterocycles. The molecule has 1 aliphatic carbocycles. The smallest absolute Gasteiger partial charge is 0.305 e. The number of carbonyl (C=O) groups is 1. The third-order valence-corrected chi connectivity index (χ3v) is 6.47. The number of aliphatic hydroxyl groups is 1. The lowest BCUT2D eigenvalue weighted by Crippen LogP contribution is -2.16. The van der Waals surface area contributed by atoms with Crippen LogP contribution < -0.4 is 0 Å². The van der Waals surface area contributed by atoms with Crippen molar-refractivity contribution in [3.05, 3.63) is 47.5 Å². The van der Waals surface area contributed by atoms with E-state index in [1.54, 1.807) is 0 Å². The van der Waals surface area contributed by atoms with Gasteiger partial charge in [0.15, 0.2) is 0 Å². The highest BCUT2D eigenvalue weighted by molar-refractivity contribution is 5.69. The minimum Gasteiger partial charge on any atom is -0.469 e. The van der Waals surface area contributed by atoms with Crippen molar-refractivity contribution in [1.29, 1.82) is 0 Å². The molecule has 1 N–H and O–H groups in total. The Hall–Kier alpha value is -1.61. The quantitative estimate of drug-likeness (QED) is 0.247. The average molecular weight is 401 g/mol. The number of rotatable bonds is 12. The predicted molar refractivity (Wildman–Crippen MR) is 120 cm³/mol. The van der Waals surface area contributed by atoms with E-state index in [9.17, 15) is 9.90 Å². The number of unbranched alkanes of at least 4 members (excludes halogenated alkanes) is 3. The minimum absolute atomic E-state index is 0.138. The van der Waals surface area contributed by atoms with E-state index in [-0.39, 0.29) is 18.0 Å². The Morgan fingerprint density at radius 3 is 2.62 bits per heavy atom. The largest absolute Gasteiger partial charge is 0.469 e. The zero-order valence-electron chi connectivity index (χ0n) is 18.6. The monoisotopic (exact) mass is 400 g/mol. The molecule has 0 radical (unpaired) electrons. The summed E-state index contributed by atoms with van der Waals surface area (Å²) in [6.07, 6.45) is 14.5. The van der Waals surface area contributed by atoms with E-state index in [4.69, 9.17) is 0 Å². The van der Waals surface area contributed by atoms with Crippen LogP contribution >= 0.6 is 0 Å². The standard InChI is InChI=1S/C26H40O3/c1-4-5-8-11-20(2)21-14-16-23(17-15-21)26-22(18-19-24(26)27)12-9-6-7-10-13-25(28)29-3/h6,9,14-17,20,22,24,26-27H,4-5,7-8,10-13,18-19H2,1-3H3/b9-6-/t20?,22-,24-,26?/m0/s1. The number of aliphatic hydroxyl groups excluding tert-OH is 1. The number of carbonyl (C=O) groups excluding carboxylic acids is 1. The van der Waals surface area contributed by atoms with Gasteiger partial charge in [-0.05, 0) is 61.5 Å². The van der Waals surface area contributed by atoms with Gasteiger partial charge in [-0.1, -0.05) is 69.5 Å². The lowest BCUT2D eigenvalue weighted by Gasteiger charge is -2.22. The summed E-state index contributed by atoms with van der Waals surface area (Å²) in [5, 5.41) is 10.6. The van der Waals surface area contributed by atoms with Crippen molar-refractivity contribution in [3.8, 4) is 0 Å². The zero-order valence-corrected chi connectivity index (χ0v) is 18.6. The second-order valence-electron chi connectivity index (χ2n) is 8.67. The second-order valence-corrected chi connectivity index (χ2v) is 8.67. The summed E-state index contributed by atoms with van der Waals surface area (Å²) < 4.78 is 4.67. The highest BCUT2D eigenvalue weighted by Gasteiger charge is 2.35. The van der Waals surface area contributed by atoms with Crippen LogP contribution in [0.1, 0.15) is 101 Å². The van der Waals surface area contributed by atoms with Crippen molar-refractivity contribution in [3.63, 3.8) is 0 Å². The maximum absolute atomic E-state index is 11.1. The highest BCUT2D eigenvalue weighted by atomic mass is 16.5. The molecule has 0 bridgehead atoms. The van der Waals surface area contributed by atoms with E-state index in [2.05, 4.69) is 55.0 Å². The van der Waals surface area contributed by atoms with Gasteiger partial charge in [-0.3, -0.25) is 4.79 Å². The molecule has 0 saturated heterocycles. The summed E-state index contributed by atoms with van der Waals surface area (Å²) in [7, 11) is 1.43. The van der Waals surface area contributed by atoms with E-state index < -0.39 is 0 Å². The first kappa shape index (κ1) is 23.7. The fraction of sp³-hybridized carbons (Fsp3) is 0.654. The van der Waals surface area contributed by atoms with E-state index in [0.717, 1.165) is 32.1 Å². The molecule has 162 valence electrons. The first-order valence-electron chi connectivity index (χ1n) is 11.6. The number of hydrogen-bond donors (Lipinski definition) is 1. The van der Waals surface area contributed by atoms with Crippen LogP contribution in [0.15, 0.2) is 36.4 Å². The third-order valence-electron chi connectivity index (χ3n) is 6.47. The predicted octanol–water partition coefficient (Wildman–Crippen LogP) is 6.51. The van der Waals surface area contributed by atoms with Gasteiger partial charge in [0, 0.05) is 12.3 Å². The van der Waals surface area contributed by atoms with Crippen LogP contribution in [-0.4, -0.2) is 24.3 Å². The van der Waals surface area contributed by atoms with Crippen molar-refractivity contribution in [2.24, 2.45) is 5.92 Å². The summed E-state index contributed by atoms with van der Waals surface area (Å²) in [5.74, 6) is 1.20. The SMILES string of the molecule is CCCCCC(C)c1ccc(C2[C@@H](C/C=C\CCCC(=O)OC)CC[C@@H]2O)cc1. The molecule has 3 heteroatoms. The molecular weight excluding hydrogens is 360 g/mol. The summed E-state index contributed by atoms with van der Waals surface area (Å²) in [4.78, 5) is 11.1.